The van der Waals surface area contributed by atoms with Gasteiger partial charge >= 0.3 is 0 Å². The van der Waals surface area contributed by atoms with E-state index in [1.165, 1.54) is 25.8 Å². The van der Waals surface area contributed by atoms with Gasteiger partial charge in [0, 0.05) is 12.6 Å². The van der Waals surface area contributed by atoms with Crippen LogP contribution in [0.25, 0.3) is 0 Å². The third-order valence-electron chi connectivity index (χ3n) is 3.96. The molecule has 3 nitrogen and oxygen atoms in total. The monoisotopic (exact) mass is 277 g/mol. The minimum atomic E-state index is -0.193. The van der Waals surface area contributed by atoms with Crippen molar-refractivity contribution in [1.29, 1.82) is 0 Å². The third-order valence-corrected chi connectivity index (χ3v) is 3.96. The van der Waals surface area contributed by atoms with E-state index < -0.39 is 0 Å². The molecule has 2 atom stereocenters. The lowest BCUT2D eigenvalue weighted by atomic mass is 9.97. The molecule has 1 aliphatic heterocycles. The Balaban J connectivity index is 1.69. The SMILES string of the molecule is CC(O)CC1CCCCN1CCCOc1ccccc1. The average Bonchev–Trinajstić information content (AvgIpc) is 2.46. The number of piperidine rings is 1. The molecule has 20 heavy (non-hydrogen) atoms. The molecular weight excluding hydrogens is 250 g/mol. The van der Waals surface area contributed by atoms with E-state index in [0.29, 0.717) is 6.04 Å². The van der Waals surface area contributed by atoms with Crippen LogP contribution in [-0.2, 0) is 0 Å². The first kappa shape index (κ1) is 15.3. The third kappa shape index (κ3) is 5.14. The lowest BCUT2D eigenvalue weighted by Crippen LogP contribution is -2.42. The minimum absolute atomic E-state index is 0.193. The van der Waals surface area contributed by atoms with Crippen LogP contribution in [0.3, 0.4) is 0 Å². The molecule has 1 aliphatic rings. The number of rotatable bonds is 7. The second-order valence-corrected chi connectivity index (χ2v) is 5.79. The maximum absolute atomic E-state index is 9.59. The Kier molecular flexibility index (Phi) is 6.34. The molecule has 3 heteroatoms. The smallest absolute Gasteiger partial charge is 0.119 e. The van der Waals surface area contributed by atoms with Gasteiger partial charge < -0.3 is 14.7 Å². The molecule has 0 spiro atoms. The predicted octanol–water partition coefficient (Wildman–Crippen LogP) is 3.08. The number of nitrogens with zero attached hydrogens (tertiary/aromatic N) is 1. The zero-order valence-corrected chi connectivity index (χ0v) is 12.5. The van der Waals surface area contributed by atoms with Gasteiger partial charge in [0.15, 0.2) is 0 Å². The first-order valence-electron chi connectivity index (χ1n) is 7.85. The normalized spacial score (nSPS) is 21.6. The van der Waals surface area contributed by atoms with Crippen LogP contribution in [0.2, 0.25) is 0 Å². The van der Waals surface area contributed by atoms with E-state index in [9.17, 15) is 5.11 Å². The van der Waals surface area contributed by atoms with Crippen molar-refractivity contribution in [3.63, 3.8) is 0 Å². The number of ether oxygens (including phenoxy) is 1. The van der Waals surface area contributed by atoms with Gasteiger partial charge in [-0.1, -0.05) is 24.6 Å². The second-order valence-electron chi connectivity index (χ2n) is 5.79. The summed E-state index contributed by atoms with van der Waals surface area (Å²) in [6, 6.07) is 10.5. The van der Waals surface area contributed by atoms with Gasteiger partial charge in [-0.05, 0) is 51.3 Å². The Labute approximate surface area is 122 Å². The predicted molar refractivity (Wildman–Crippen MR) is 82.1 cm³/mol. The van der Waals surface area contributed by atoms with Gasteiger partial charge in [0.2, 0.25) is 0 Å². The van der Waals surface area contributed by atoms with Crippen molar-refractivity contribution in [3.8, 4) is 5.75 Å². The lowest BCUT2D eigenvalue weighted by Gasteiger charge is -2.36. The van der Waals surface area contributed by atoms with Crippen LogP contribution in [0.1, 0.15) is 39.0 Å². The zero-order chi connectivity index (χ0) is 14.2. The number of aliphatic hydroxyl groups excluding tert-OH is 1. The summed E-state index contributed by atoms with van der Waals surface area (Å²) in [4.78, 5) is 2.53. The van der Waals surface area contributed by atoms with Crippen LogP contribution in [0.15, 0.2) is 30.3 Å². The molecular formula is C17H27NO2. The van der Waals surface area contributed by atoms with Gasteiger partial charge in [-0.15, -0.1) is 0 Å². The van der Waals surface area contributed by atoms with E-state index in [0.717, 1.165) is 31.7 Å². The maximum atomic E-state index is 9.59. The first-order valence-corrected chi connectivity index (χ1v) is 7.85. The summed E-state index contributed by atoms with van der Waals surface area (Å²) in [5.41, 5.74) is 0. The summed E-state index contributed by atoms with van der Waals surface area (Å²) >= 11 is 0. The molecule has 1 aromatic carbocycles. The van der Waals surface area contributed by atoms with E-state index in [1.807, 2.05) is 37.3 Å². The minimum Gasteiger partial charge on any atom is -0.494 e. The molecule has 1 fully saturated rings. The van der Waals surface area contributed by atoms with Crippen LogP contribution < -0.4 is 4.74 Å². The molecule has 112 valence electrons. The molecule has 2 unspecified atom stereocenters. The van der Waals surface area contributed by atoms with Gasteiger partial charge in [-0.2, -0.15) is 0 Å². The Morgan fingerprint density at radius 1 is 1.30 bits per heavy atom. The molecule has 1 N–H and O–H groups in total. The Morgan fingerprint density at radius 3 is 2.85 bits per heavy atom. The maximum Gasteiger partial charge on any atom is 0.119 e. The van der Waals surface area contributed by atoms with Crippen molar-refractivity contribution in [2.24, 2.45) is 0 Å². The summed E-state index contributed by atoms with van der Waals surface area (Å²) in [6.45, 7) is 4.90. The highest BCUT2D eigenvalue weighted by atomic mass is 16.5. The van der Waals surface area contributed by atoms with Crippen LogP contribution in [0, 0.1) is 0 Å². The van der Waals surface area contributed by atoms with E-state index in [1.54, 1.807) is 0 Å². The largest absolute Gasteiger partial charge is 0.494 e. The molecule has 1 saturated heterocycles. The molecule has 1 heterocycles. The van der Waals surface area contributed by atoms with Crippen LogP contribution in [0.5, 0.6) is 5.75 Å². The summed E-state index contributed by atoms with van der Waals surface area (Å²) in [7, 11) is 0. The number of para-hydroxylation sites is 1. The van der Waals surface area contributed by atoms with Gasteiger partial charge in [0.1, 0.15) is 5.75 Å². The van der Waals surface area contributed by atoms with Crippen molar-refractivity contribution >= 4 is 0 Å². The van der Waals surface area contributed by atoms with Crippen LogP contribution in [-0.4, -0.2) is 41.8 Å². The van der Waals surface area contributed by atoms with Crippen molar-refractivity contribution in [3.05, 3.63) is 30.3 Å². The average molecular weight is 277 g/mol. The molecule has 0 radical (unpaired) electrons. The lowest BCUT2D eigenvalue weighted by molar-refractivity contribution is 0.0828. The molecule has 0 aromatic heterocycles. The van der Waals surface area contributed by atoms with Crippen LogP contribution >= 0.6 is 0 Å². The summed E-state index contributed by atoms with van der Waals surface area (Å²) in [6.07, 6.45) is 5.57. The quantitative estimate of drug-likeness (QED) is 0.777. The second kappa shape index (κ2) is 8.28. The van der Waals surface area contributed by atoms with Crippen molar-refractivity contribution in [1.82, 2.24) is 4.90 Å². The fourth-order valence-electron chi connectivity index (χ4n) is 2.99. The molecule has 2 rings (SSSR count). The highest BCUT2D eigenvalue weighted by Crippen LogP contribution is 2.21. The van der Waals surface area contributed by atoms with Crippen LogP contribution in [0.4, 0.5) is 0 Å². The highest BCUT2D eigenvalue weighted by molar-refractivity contribution is 5.20. The Hall–Kier alpha value is -1.06. The highest BCUT2D eigenvalue weighted by Gasteiger charge is 2.22. The number of benzene rings is 1. The first-order chi connectivity index (χ1) is 9.75. The van der Waals surface area contributed by atoms with E-state index in [4.69, 9.17) is 4.74 Å². The number of aliphatic hydroxyl groups is 1. The fraction of sp³-hybridized carbons (Fsp3) is 0.647. The topological polar surface area (TPSA) is 32.7 Å². The van der Waals surface area contributed by atoms with E-state index in [-0.39, 0.29) is 6.10 Å². The molecule has 0 aliphatic carbocycles. The standard InChI is InChI=1S/C17H27NO2/c1-15(19)14-16-8-5-6-11-18(16)12-7-13-20-17-9-3-2-4-10-17/h2-4,9-10,15-16,19H,5-8,11-14H2,1H3. The molecule has 1 aromatic rings. The van der Waals surface area contributed by atoms with Gasteiger partial charge in [0.25, 0.3) is 0 Å². The zero-order valence-electron chi connectivity index (χ0n) is 12.5. The molecule has 0 saturated carbocycles. The van der Waals surface area contributed by atoms with Crippen molar-refractivity contribution < 1.29 is 9.84 Å². The van der Waals surface area contributed by atoms with Crippen molar-refractivity contribution in [2.75, 3.05) is 19.7 Å². The Bertz CT molecular complexity index is 367. The van der Waals surface area contributed by atoms with E-state index in [2.05, 4.69) is 4.90 Å². The Morgan fingerprint density at radius 2 is 2.10 bits per heavy atom. The van der Waals surface area contributed by atoms with Crippen molar-refractivity contribution in [2.45, 2.75) is 51.2 Å². The summed E-state index contributed by atoms with van der Waals surface area (Å²) in [5.74, 6) is 0.951. The summed E-state index contributed by atoms with van der Waals surface area (Å²) < 4.78 is 5.74. The van der Waals surface area contributed by atoms with E-state index >= 15 is 0 Å². The molecule has 0 amide bonds. The summed E-state index contributed by atoms with van der Waals surface area (Å²) in [5, 5.41) is 9.59. The van der Waals surface area contributed by atoms with Gasteiger partial charge in [0.05, 0.1) is 12.7 Å². The molecule has 0 bridgehead atoms. The fourth-order valence-corrected chi connectivity index (χ4v) is 2.99. The van der Waals surface area contributed by atoms with Gasteiger partial charge in [-0.3, -0.25) is 0 Å². The number of likely N-dealkylation sites (tertiary alicyclic amines) is 1. The number of hydrogen-bond acceptors (Lipinski definition) is 3. The number of hydrogen-bond donors (Lipinski definition) is 1. The van der Waals surface area contributed by atoms with Gasteiger partial charge in [-0.25, -0.2) is 0 Å².